The Bertz CT molecular complexity index is 1500. The molecule has 36 heavy (non-hydrogen) atoms. The minimum atomic E-state index is -0.488. The molecule has 1 aliphatic carbocycles. The van der Waals surface area contributed by atoms with Crippen molar-refractivity contribution < 1.29 is 18.7 Å². The highest BCUT2D eigenvalue weighted by molar-refractivity contribution is 6.30. The lowest BCUT2D eigenvalue weighted by atomic mass is 9.98. The van der Waals surface area contributed by atoms with Crippen LogP contribution in [0.3, 0.4) is 0 Å². The topological polar surface area (TPSA) is 122 Å². The lowest BCUT2D eigenvalue weighted by Crippen LogP contribution is -2.28. The molecule has 1 aliphatic rings. The number of aromatic amines is 1. The molecular weight excluding hydrogens is 487 g/mol. The van der Waals surface area contributed by atoms with E-state index in [1.54, 1.807) is 12.1 Å². The molecule has 2 aromatic heterocycles. The maximum Gasteiger partial charge on any atom is 0.338 e. The Kier molecular flexibility index (Phi) is 6.27. The minimum absolute atomic E-state index is 0.0349. The molecule has 184 valence electrons. The molecule has 9 nitrogen and oxygen atoms in total. The molecule has 1 atom stereocenters. The summed E-state index contributed by atoms with van der Waals surface area (Å²) < 4.78 is 18.3. The van der Waals surface area contributed by atoms with Gasteiger partial charge in [-0.05, 0) is 60.2 Å². The number of nitrogens with one attached hydrogen (secondary N) is 3. The van der Waals surface area contributed by atoms with Gasteiger partial charge in [-0.15, -0.1) is 0 Å². The molecule has 0 fully saturated rings. The van der Waals surface area contributed by atoms with Crippen molar-refractivity contribution in [3.63, 3.8) is 0 Å². The van der Waals surface area contributed by atoms with E-state index >= 15 is 0 Å². The van der Waals surface area contributed by atoms with Crippen LogP contribution < -0.4 is 10.6 Å². The van der Waals surface area contributed by atoms with Crippen LogP contribution in [0.2, 0.25) is 5.02 Å². The lowest BCUT2D eigenvalue weighted by Gasteiger charge is -2.15. The zero-order valence-corrected chi connectivity index (χ0v) is 20.2. The summed E-state index contributed by atoms with van der Waals surface area (Å²) in [5.74, 6) is -0.801. The van der Waals surface area contributed by atoms with Crippen molar-refractivity contribution in [2.45, 2.75) is 32.4 Å². The van der Waals surface area contributed by atoms with Crippen molar-refractivity contribution in [1.29, 1.82) is 0 Å². The first-order valence-corrected chi connectivity index (χ1v) is 11.6. The molecule has 0 radical (unpaired) electrons. The van der Waals surface area contributed by atoms with E-state index in [4.69, 9.17) is 16.3 Å². The van der Waals surface area contributed by atoms with Crippen molar-refractivity contribution >= 4 is 40.3 Å². The zero-order chi connectivity index (χ0) is 25.4. The first kappa shape index (κ1) is 23.7. The molecular formula is C25H22ClFN6O3. The molecule has 1 amide bonds. The fraction of sp³-hybridized carbons (Fsp3) is 0.240. The van der Waals surface area contributed by atoms with Gasteiger partial charge in [0.25, 0.3) is 5.91 Å². The molecule has 0 spiro atoms. The van der Waals surface area contributed by atoms with E-state index in [0.717, 1.165) is 28.7 Å². The highest BCUT2D eigenvalue weighted by Gasteiger charge is 2.29. The Morgan fingerprint density at radius 1 is 1.25 bits per heavy atom. The summed E-state index contributed by atoms with van der Waals surface area (Å²) in [4.78, 5) is 33.7. The maximum atomic E-state index is 13.4. The number of ether oxygens (including phenoxy) is 1. The summed E-state index contributed by atoms with van der Waals surface area (Å²) in [5.41, 5.74) is 5.19. The smallest absolute Gasteiger partial charge is 0.338 e. The van der Waals surface area contributed by atoms with Crippen LogP contribution in [0.25, 0.3) is 11.0 Å². The van der Waals surface area contributed by atoms with Crippen LogP contribution in [0.4, 0.5) is 10.2 Å². The summed E-state index contributed by atoms with van der Waals surface area (Å²) in [6.45, 7) is 2.22. The van der Waals surface area contributed by atoms with Crippen LogP contribution in [0.5, 0.6) is 0 Å². The van der Waals surface area contributed by atoms with Gasteiger partial charge >= 0.3 is 5.97 Å². The van der Waals surface area contributed by atoms with E-state index in [1.165, 1.54) is 25.6 Å². The highest BCUT2D eigenvalue weighted by Crippen LogP contribution is 2.35. The summed E-state index contributed by atoms with van der Waals surface area (Å²) in [7, 11) is 1.36. The zero-order valence-electron chi connectivity index (χ0n) is 19.5. The van der Waals surface area contributed by atoms with Gasteiger partial charge in [0.2, 0.25) is 0 Å². The number of carbonyl (C=O) groups excluding carboxylic acids is 2. The minimum Gasteiger partial charge on any atom is -0.465 e. The number of carbonyl (C=O) groups is 2. The average Bonchev–Trinajstić information content (AvgIpc) is 3.49. The van der Waals surface area contributed by atoms with E-state index in [9.17, 15) is 14.0 Å². The van der Waals surface area contributed by atoms with Crippen LogP contribution in [-0.2, 0) is 17.7 Å². The molecule has 5 rings (SSSR count). The monoisotopic (exact) mass is 508 g/mol. The van der Waals surface area contributed by atoms with Gasteiger partial charge in [0.15, 0.2) is 11.5 Å². The summed E-state index contributed by atoms with van der Waals surface area (Å²) in [6, 6.07) is 7.82. The highest BCUT2D eigenvalue weighted by atomic mass is 35.5. The quantitative estimate of drug-likeness (QED) is 0.332. The van der Waals surface area contributed by atoms with E-state index < -0.39 is 5.82 Å². The van der Waals surface area contributed by atoms with Gasteiger partial charge in [0, 0.05) is 6.54 Å². The van der Waals surface area contributed by atoms with Gasteiger partial charge in [-0.1, -0.05) is 23.7 Å². The van der Waals surface area contributed by atoms with Crippen LogP contribution in [-0.4, -0.2) is 39.2 Å². The Hall–Kier alpha value is -4.05. The third kappa shape index (κ3) is 4.24. The molecule has 0 bridgehead atoms. The Morgan fingerprint density at radius 3 is 2.86 bits per heavy atom. The second kappa shape index (κ2) is 9.54. The number of benzene rings is 2. The Balaban J connectivity index is 1.34. The van der Waals surface area contributed by atoms with Gasteiger partial charge in [0.05, 0.1) is 23.7 Å². The van der Waals surface area contributed by atoms with Crippen molar-refractivity contribution in [1.82, 2.24) is 25.5 Å². The standard InChI is InChI=1S/C25H22ClFN6O3/c1-12-14-6-8-19(16(14)5-4-15(12)25(35)36-2)31-24(34)22-20-21(29-11-30-22)23(33-32-20)28-10-13-3-7-18(27)17(26)9-13/h3-5,7,9,11,19H,6,8,10H2,1-2H3,(H,31,34)(H2,28,32,33)/t19-/m0/s1. The van der Waals surface area contributed by atoms with Gasteiger partial charge < -0.3 is 15.4 Å². The molecule has 11 heteroatoms. The third-order valence-electron chi connectivity index (χ3n) is 6.41. The molecule has 4 aromatic rings. The number of hydrogen-bond acceptors (Lipinski definition) is 7. The summed E-state index contributed by atoms with van der Waals surface area (Å²) in [6.07, 6.45) is 2.75. The van der Waals surface area contributed by atoms with Crippen molar-refractivity contribution in [2.24, 2.45) is 0 Å². The van der Waals surface area contributed by atoms with E-state index in [0.29, 0.717) is 35.4 Å². The van der Waals surface area contributed by atoms with Crippen molar-refractivity contribution in [3.05, 3.63) is 81.0 Å². The largest absolute Gasteiger partial charge is 0.465 e. The van der Waals surface area contributed by atoms with Gasteiger partial charge in [0.1, 0.15) is 23.2 Å². The molecule has 2 aromatic carbocycles. The predicted molar refractivity (Wildman–Crippen MR) is 131 cm³/mol. The lowest BCUT2D eigenvalue weighted by molar-refractivity contribution is 0.0599. The molecule has 0 unspecified atom stereocenters. The number of fused-ring (bicyclic) bond motifs is 2. The fourth-order valence-electron chi connectivity index (χ4n) is 4.55. The number of rotatable bonds is 6. The number of aromatic nitrogens is 4. The molecule has 0 saturated carbocycles. The SMILES string of the molecule is COC(=O)c1ccc2c(c1C)CC[C@@H]2NC(=O)c1ncnc2c(NCc3ccc(F)c(Cl)c3)n[nH]c12. The van der Waals surface area contributed by atoms with Crippen molar-refractivity contribution in [2.75, 3.05) is 12.4 Å². The Labute approximate surface area is 210 Å². The Morgan fingerprint density at radius 2 is 2.08 bits per heavy atom. The normalized spacial score (nSPS) is 14.5. The van der Waals surface area contributed by atoms with Crippen LogP contribution in [0.15, 0.2) is 36.7 Å². The van der Waals surface area contributed by atoms with E-state index in [-0.39, 0.29) is 28.6 Å². The van der Waals surface area contributed by atoms with Crippen LogP contribution in [0, 0.1) is 12.7 Å². The third-order valence-corrected chi connectivity index (χ3v) is 6.70. The first-order chi connectivity index (χ1) is 17.4. The molecule has 0 saturated heterocycles. The molecule has 0 aliphatic heterocycles. The van der Waals surface area contributed by atoms with E-state index in [2.05, 4.69) is 30.8 Å². The molecule has 2 heterocycles. The second-order valence-corrected chi connectivity index (χ2v) is 8.89. The number of H-pyrrole nitrogens is 1. The second-order valence-electron chi connectivity index (χ2n) is 8.48. The number of halogens is 2. The van der Waals surface area contributed by atoms with Crippen LogP contribution in [0.1, 0.15) is 55.6 Å². The number of esters is 1. The van der Waals surface area contributed by atoms with Crippen LogP contribution >= 0.6 is 11.6 Å². The van der Waals surface area contributed by atoms with E-state index in [1.807, 2.05) is 13.0 Å². The first-order valence-electron chi connectivity index (χ1n) is 11.3. The summed E-state index contributed by atoms with van der Waals surface area (Å²) >= 11 is 5.85. The molecule has 3 N–H and O–H groups in total. The van der Waals surface area contributed by atoms with Crippen molar-refractivity contribution in [3.8, 4) is 0 Å². The summed E-state index contributed by atoms with van der Waals surface area (Å²) in [5, 5.41) is 13.3. The van der Waals surface area contributed by atoms with Gasteiger partial charge in [-0.2, -0.15) is 5.10 Å². The number of hydrogen-bond donors (Lipinski definition) is 3. The average molecular weight is 509 g/mol. The fourth-order valence-corrected chi connectivity index (χ4v) is 4.76. The van der Waals surface area contributed by atoms with Gasteiger partial charge in [-0.3, -0.25) is 9.89 Å². The number of methoxy groups -OCH3 is 1. The number of anilines is 1. The predicted octanol–water partition coefficient (Wildman–Crippen LogP) is 4.27. The maximum absolute atomic E-state index is 13.4. The number of amides is 1. The number of nitrogens with zero attached hydrogens (tertiary/aromatic N) is 3. The van der Waals surface area contributed by atoms with Gasteiger partial charge in [-0.25, -0.2) is 19.2 Å².